The SMILES string of the molecule is COc1cc2c(c(-c3ccccc3C)c1)O[C@@H](CN)C2. The van der Waals surface area contributed by atoms with Crippen molar-refractivity contribution < 1.29 is 9.47 Å². The second kappa shape index (κ2) is 5.17. The molecule has 1 aliphatic rings. The molecule has 0 aromatic heterocycles. The van der Waals surface area contributed by atoms with Gasteiger partial charge in [0, 0.05) is 24.1 Å². The first-order valence-electron chi connectivity index (χ1n) is 6.86. The van der Waals surface area contributed by atoms with E-state index in [4.69, 9.17) is 15.2 Å². The first-order chi connectivity index (χ1) is 9.72. The number of hydrogen-bond donors (Lipinski definition) is 1. The topological polar surface area (TPSA) is 44.5 Å². The van der Waals surface area contributed by atoms with E-state index in [1.54, 1.807) is 7.11 Å². The summed E-state index contributed by atoms with van der Waals surface area (Å²) in [6.07, 6.45) is 0.918. The van der Waals surface area contributed by atoms with Crippen LogP contribution in [0.15, 0.2) is 36.4 Å². The van der Waals surface area contributed by atoms with E-state index < -0.39 is 0 Å². The van der Waals surface area contributed by atoms with Crippen molar-refractivity contribution >= 4 is 0 Å². The molecule has 0 spiro atoms. The number of benzene rings is 2. The molecule has 0 radical (unpaired) electrons. The Bertz CT molecular complexity index is 637. The van der Waals surface area contributed by atoms with Crippen LogP contribution in [0.3, 0.4) is 0 Å². The number of rotatable bonds is 3. The van der Waals surface area contributed by atoms with Crippen LogP contribution < -0.4 is 15.2 Å². The number of aryl methyl sites for hydroxylation is 1. The van der Waals surface area contributed by atoms with E-state index in [9.17, 15) is 0 Å². The highest BCUT2D eigenvalue weighted by Gasteiger charge is 2.26. The molecule has 0 amide bonds. The predicted octanol–water partition coefficient (Wildman–Crippen LogP) is 2.93. The standard InChI is InChI=1S/C17H19NO2/c1-11-5-3-4-6-15(11)16-9-13(19-2)7-12-8-14(10-18)20-17(12)16/h3-7,9,14H,8,10,18H2,1-2H3/t14-/m1/s1. The van der Waals surface area contributed by atoms with Gasteiger partial charge in [-0.1, -0.05) is 24.3 Å². The van der Waals surface area contributed by atoms with Crippen molar-refractivity contribution in [2.75, 3.05) is 13.7 Å². The molecule has 0 unspecified atom stereocenters. The Kier molecular flexibility index (Phi) is 3.36. The van der Waals surface area contributed by atoms with Gasteiger partial charge in [-0.2, -0.15) is 0 Å². The van der Waals surface area contributed by atoms with Crippen molar-refractivity contribution in [2.24, 2.45) is 5.73 Å². The van der Waals surface area contributed by atoms with E-state index >= 15 is 0 Å². The van der Waals surface area contributed by atoms with Crippen LogP contribution in [0.1, 0.15) is 11.1 Å². The highest BCUT2D eigenvalue weighted by atomic mass is 16.5. The summed E-state index contributed by atoms with van der Waals surface area (Å²) in [6, 6.07) is 12.4. The fourth-order valence-corrected chi connectivity index (χ4v) is 2.73. The molecule has 3 heteroatoms. The van der Waals surface area contributed by atoms with Crippen LogP contribution in [0.25, 0.3) is 11.1 Å². The summed E-state index contributed by atoms with van der Waals surface area (Å²) in [5.74, 6) is 1.82. The van der Waals surface area contributed by atoms with E-state index in [0.29, 0.717) is 6.54 Å². The van der Waals surface area contributed by atoms with E-state index in [1.807, 2.05) is 24.3 Å². The van der Waals surface area contributed by atoms with Crippen molar-refractivity contribution in [1.29, 1.82) is 0 Å². The van der Waals surface area contributed by atoms with Crippen LogP contribution in [0, 0.1) is 6.92 Å². The zero-order valence-electron chi connectivity index (χ0n) is 11.8. The van der Waals surface area contributed by atoms with E-state index in [-0.39, 0.29) is 6.10 Å². The minimum Gasteiger partial charge on any atom is -0.497 e. The number of hydrogen-bond acceptors (Lipinski definition) is 3. The smallest absolute Gasteiger partial charge is 0.131 e. The van der Waals surface area contributed by atoms with Gasteiger partial charge in [-0.05, 0) is 30.2 Å². The van der Waals surface area contributed by atoms with Gasteiger partial charge in [-0.15, -0.1) is 0 Å². The lowest BCUT2D eigenvalue weighted by Gasteiger charge is -2.14. The second-order valence-corrected chi connectivity index (χ2v) is 5.16. The third-order valence-corrected chi connectivity index (χ3v) is 3.81. The molecule has 1 atom stereocenters. The minimum absolute atomic E-state index is 0.0693. The molecule has 104 valence electrons. The lowest BCUT2D eigenvalue weighted by molar-refractivity contribution is 0.242. The number of fused-ring (bicyclic) bond motifs is 1. The summed E-state index contributed by atoms with van der Waals surface area (Å²) < 4.78 is 11.4. The molecular weight excluding hydrogens is 250 g/mol. The molecule has 0 fully saturated rings. The Morgan fingerprint density at radius 1 is 1.25 bits per heavy atom. The number of nitrogens with two attached hydrogens (primary N) is 1. The van der Waals surface area contributed by atoms with Gasteiger partial charge in [0.1, 0.15) is 17.6 Å². The lowest BCUT2D eigenvalue weighted by atomic mass is 9.97. The van der Waals surface area contributed by atoms with E-state index in [2.05, 4.69) is 19.1 Å². The van der Waals surface area contributed by atoms with Crippen LogP contribution in [0.2, 0.25) is 0 Å². The molecule has 0 bridgehead atoms. The second-order valence-electron chi connectivity index (χ2n) is 5.16. The summed E-state index contributed by atoms with van der Waals surface area (Å²) in [5.41, 5.74) is 10.4. The van der Waals surface area contributed by atoms with Gasteiger partial charge < -0.3 is 15.2 Å². The van der Waals surface area contributed by atoms with E-state index in [0.717, 1.165) is 23.5 Å². The Morgan fingerprint density at radius 3 is 2.75 bits per heavy atom. The molecule has 20 heavy (non-hydrogen) atoms. The van der Waals surface area contributed by atoms with Gasteiger partial charge in [-0.25, -0.2) is 0 Å². The molecule has 0 saturated carbocycles. The Labute approximate surface area is 119 Å². The molecular formula is C17H19NO2. The van der Waals surface area contributed by atoms with Crippen LogP contribution in [-0.2, 0) is 6.42 Å². The molecule has 1 aliphatic heterocycles. The Morgan fingerprint density at radius 2 is 2.05 bits per heavy atom. The largest absolute Gasteiger partial charge is 0.497 e. The molecule has 3 nitrogen and oxygen atoms in total. The maximum absolute atomic E-state index is 6.02. The normalized spacial score (nSPS) is 16.6. The molecule has 3 rings (SSSR count). The molecule has 1 heterocycles. The van der Waals surface area contributed by atoms with Crippen LogP contribution in [-0.4, -0.2) is 19.8 Å². The summed E-state index contributed by atoms with van der Waals surface area (Å²) in [4.78, 5) is 0. The Hall–Kier alpha value is -2.00. The molecule has 0 saturated heterocycles. The number of methoxy groups -OCH3 is 1. The monoisotopic (exact) mass is 269 g/mol. The fraction of sp³-hybridized carbons (Fsp3) is 0.294. The maximum Gasteiger partial charge on any atom is 0.131 e. The third kappa shape index (κ3) is 2.14. The van der Waals surface area contributed by atoms with Gasteiger partial charge in [0.2, 0.25) is 0 Å². The zero-order valence-corrected chi connectivity index (χ0v) is 11.8. The first-order valence-corrected chi connectivity index (χ1v) is 6.86. The highest BCUT2D eigenvalue weighted by molar-refractivity contribution is 5.77. The van der Waals surface area contributed by atoms with Gasteiger partial charge in [0.05, 0.1) is 7.11 Å². The fourth-order valence-electron chi connectivity index (χ4n) is 2.73. The highest BCUT2D eigenvalue weighted by Crippen LogP contribution is 2.42. The molecule has 2 aromatic carbocycles. The van der Waals surface area contributed by atoms with Crippen LogP contribution >= 0.6 is 0 Å². The third-order valence-electron chi connectivity index (χ3n) is 3.81. The summed E-state index contributed by atoms with van der Waals surface area (Å²) in [6.45, 7) is 2.64. The minimum atomic E-state index is 0.0693. The lowest BCUT2D eigenvalue weighted by Crippen LogP contribution is -2.24. The van der Waals surface area contributed by atoms with Gasteiger partial charge in [-0.3, -0.25) is 0 Å². The summed E-state index contributed by atoms with van der Waals surface area (Å²) in [5, 5.41) is 0. The van der Waals surface area contributed by atoms with Crippen molar-refractivity contribution in [3.63, 3.8) is 0 Å². The van der Waals surface area contributed by atoms with Gasteiger partial charge in [0.25, 0.3) is 0 Å². The van der Waals surface area contributed by atoms with Crippen LogP contribution in [0.4, 0.5) is 0 Å². The Balaban J connectivity index is 2.16. The van der Waals surface area contributed by atoms with Gasteiger partial charge >= 0.3 is 0 Å². The van der Waals surface area contributed by atoms with Crippen molar-refractivity contribution in [3.05, 3.63) is 47.5 Å². The van der Waals surface area contributed by atoms with Gasteiger partial charge in [0.15, 0.2) is 0 Å². The number of ether oxygens (including phenoxy) is 2. The van der Waals surface area contributed by atoms with Crippen molar-refractivity contribution in [2.45, 2.75) is 19.4 Å². The summed E-state index contributed by atoms with van der Waals surface area (Å²) >= 11 is 0. The average Bonchev–Trinajstić information content (AvgIpc) is 2.90. The summed E-state index contributed by atoms with van der Waals surface area (Å²) in [7, 11) is 1.69. The van der Waals surface area contributed by atoms with E-state index in [1.165, 1.54) is 16.7 Å². The maximum atomic E-state index is 6.02. The first kappa shape index (κ1) is 13.0. The van der Waals surface area contributed by atoms with Crippen molar-refractivity contribution in [3.8, 4) is 22.6 Å². The molecule has 2 aromatic rings. The molecule has 0 aliphatic carbocycles. The quantitative estimate of drug-likeness (QED) is 0.931. The van der Waals surface area contributed by atoms with Crippen LogP contribution in [0.5, 0.6) is 11.5 Å². The molecule has 2 N–H and O–H groups in total. The predicted molar refractivity (Wildman–Crippen MR) is 80.3 cm³/mol. The zero-order chi connectivity index (χ0) is 14.1. The average molecular weight is 269 g/mol. The van der Waals surface area contributed by atoms with Crippen molar-refractivity contribution in [1.82, 2.24) is 0 Å².